The van der Waals surface area contributed by atoms with Crippen LogP contribution in [0.2, 0.25) is 0 Å². The lowest BCUT2D eigenvalue weighted by Gasteiger charge is -2.22. The quantitative estimate of drug-likeness (QED) is 0.527. The van der Waals surface area contributed by atoms with Gasteiger partial charge in [-0.25, -0.2) is 0 Å². The highest BCUT2D eigenvalue weighted by molar-refractivity contribution is 5.84. The summed E-state index contributed by atoms with van der Waals surface area (Å²) in [4.78, 5) is 22.9. The zero-order valence-corrected chi connectivity index (χ0v) is 11.7. The molecule has 6 heteroatoms. The van der Waals surface area contributed by atoms with E-state index in [1.54, 1.807) is 7.11 Å². The molecule has 1 unspecified atom stereocenters. The molecule has 1 aliphatic heterocycles. The van der Waals surface area contributed by atoms with Gasteiger partial charge in [0, 0.05) is 20.1 Å². The van der Waals surface area contributed by atoms with Gasteiger partial charge in [0.05, 0.1) is 13.2 Å². The second-order valence-electron chi connectivity index (χ2n) is 4.87. The molecular weight excluding hydrogens is 246 g/mol. The number of ether oxygens (including phenoxy) is 1. The van der Waals surface area contributed by atoms with Gasteiger partial charge in [-0.1, -0.05) is 0 Å². The van der Waals surface area contributed by atoms with Crippen LogP contribution >= 0.6 is 0 Å². The highest BCUT2D eigenvalue weighted by Gasteiger charge is 2.14. The summed E-state index contributed by atoms with van der Waals surface area (Å²) in [5.41, 5.74) is 0. The van der Waals surface area contributed by atoms with Crippen molar-refractivity contribution in [2.75, 3.05) is 39.9 Å². The summed E-state index contributed by atoms with van der Waals surface area (Å²) in [7, 11) is 1.58. The minimum absolute atomic E-state index is 0.0471. The number of hydrogen-bond donors (Lipinski definition) is 3. The molecule has 110 valence electrons. The lowest BCUT2D eigenvalue weighted by atomic mass is 9.94. The maximum absolute atomic E-state index is 11.6. The molecule has 1 fully saturated rings. The average molecular weight is 271 g/mol. The smallest absolute Gasteiger partial charge is 0.239 e. The molecule has 1 rings (SSSR count). The molecule has 0 saturated carbocycles. The molecule has 0 radical (unpaired) electrons. The molecule has 0 bridgehead atoms. The van der Waals surface area contributed by atoms with Crippen molar-refractivity contribution >= 4 is 11.8 Å². The van der Waals surface area contributed by atoms with Crippen LogP contribution in [0.1, 0.15) is 25.7 Å². The van der Waals surface area contributed by atoms with Crippen molar-refractivity contribution < 1.29 is 14.3 Å². The van der Waals surface area contributed by atoms with E-state index in [-0.39, 0.29) is 18.4 Å². The molecule has 0 aromatic carbocycles. The Balaban J connectivity index is 2.02. The fourth-order valence-corrected chi connectivity index (χ4v) is 2.13. The predicted octanol–water partition coefficient (Wildman–Crippen LogP) is -0.355. The van der Waals surface area contributed by atoms with E-state index in [9.17, 15) is 9.59 Å². The van der Waals surface area contributed by atoms with Crippen molar-refractivity contribution in [3.8, 4) is 0 Å². The summed E-state index contributed by atoms with van der Waals surface area (Å²) in [6.07, 6.45) is 3.77. The van der Waals surface area contributed by atoms with Crippen molar-refractivity contribution in [3.63, 3.8) is 0 Å². The first-order valence-corrected chi connectivity index (χ1v) is 6.95. The zero-order chi connectivity index (χ0) is 13.9. The highest BCUT2D eigenvalue weighted by Crippen LogP contribution is 2.15. The van der Waals surface area contributed by atoms with Gasteiger partial charge in [-0.2, -0.15) is 0 Å². The Morgan fingerprint density at radius 2 is 2.16 bits per heavy atom. The standard InChI is InChI=1S/C13H25N3O3/c1-19-8-7-15-13(18)10-16-12(17)5-4-11-3-2-6-14-9-11/h11,14H,2-10H2,1H3,(H,15,18)(H,16,17). The maximum Gasteiger partial charge on any atom is 0.239 e. The van der Waals surface area contributed by atoms with Gasteiger partial charge in [0.25, 0.3) is 0 Å². The van der Waals surface area contributed by atoms with Crippen molar-refractivity contribution in [2.45, 2.75) is 25.7 Å². The van der Waals surface area contributed by atoms with Crippen LogP contribution in [-0.2, 0) is 14.3 Å². The number of methoxy groups -OCH3 is 1. The number of carbonyl (C=O) groups excluding carboxylic acids is 2. The molecule has 0 aliphatic carbocycles. The van der Waals surface area contributed by atoms with Gasteiger partial charge in [-0.15, -0.1) is 0 Å². The number of piperidine rings is 1. The molecular formula is C13H25N3O3. The van der Waals surface area contributed by atoms with Crippen LogP contribution in [0, 0.1) is 5.92 Å². The van der Waals surface area contributed by atoms with E-state index in [2.05, 4.69) is 16.0 Å². The first-order valence-electron chi connectivity index (χ1n) is 6.95. The third-order valence-corrected chi connectivity index (χ3v) is 3.25. The van der Waals surface area contributed by atoms with Crippen molar-refractivity contribution in [2.24, 2.45) is 5.92 Å². The van der Waals surface area contributed by atoms with E-state index < -0.39 is 0 Å². The zero-order valence-electron chi connectivity index (χ0n) is 11.7. The van der Waals surface area contributed by atoms with Crippen LogP contribution in [-0.4, -0.2) is 51.7 Å². The molecule has 1 atom stereocenters. The van der Waals surface area contributed by atoms with Gasteiger partial charge in [0.2, 0.25) is 11.8 Å². The summed E-state index contributed by atoms with van der Waals surface area (Å²) in [6, 6.07) is 0. The Hall–Kier alpha value is -1.14. The molecule has 0 aromatic rings. The fraction of sp³-hybridized carbons (Fsp3) is 0.846. The molecule has 3 N–H and O–H groups in total. The lowest BCUT2D eigenvalue weighted by molar-refractivity contribution is -0.126. The van der Waals surface area contributed by atoms with Gasteiger partial charge in [-0.05, 0) is 38.3 Å². The topological polar surface area (TPSA) is 79.5 Å². The van der Waals surface area contributed by atoms with E-state index in [4.69, 9.17) is 4.74 Å². The first kappa shape index (κ1) is 15.9. The number of nitrogens with one attached hydrogen (secondary N) is 3. The van der Waals surface area contributed by atoms with E-state index >= 15 is 0 Å². The van der Waals surface area contributed by atoms with Crippen molar-refractivity contribution in [3.05, 3.63) is 0 Å². The number of rotatable bonds is 8. The molecule has 1 saturated heterocycles. The largest absolute Gasteiger partial charge is 0.383 e. The van der Waals surface area contributed by atoms with E-state index in [1.165, 1.54) is 12.8 Å². The lowest BCUT2D eigenvalue weighted by Crippen LogP contribution is -2.38. The molecule has 1 aliphatic rings. The second kappa shape index (κ2) is 9.75. The number of carbonyl (C=O) groups is 2. The van der Waals surface area contributed by atoms with Gasteiger partial charge in [-0.3, -0.25) is 9.59 Å². The van der Waals surface area contributed by atoms with Crippen LogP contribution < -0.4 is 16.0 Å². The molecule has 1 heterocycles. The van der Waals surface area contributed by atoms with Gasteiger partial charge < -0.3 is 20.7 Å². The molecule has 0 spiro atoms. The van der Waals surface area contributed by atoms with Gasteiger partial charge >= 0.3 is 0 Å². The molecule has 6 nitrogen and oxygen atoms in total. The van der Waals surface area contributed by atoms with E-state index in [1.807, 2.05) is 0 Å². The SMILES string of the molecule is COCCNC(=O)CNC(=O)CCC1CCCNC1. The predicted molar refractivity (Wildman–Crippen MR) is 72.7 cm³/mol. The minimum atomic E-state index is -0.176. The third-order valence-electron chi connectivity index (χ3n) is 3.25. The molecule has 0 aromatic heterocycles. The number of hydrogen-bond acceptors (Lipinski definition) is 4. The fourth-order valence-electron chi connectivity index (χ4n) is 2.13. The minimum Gasteiger partial charge on any atom is -0.383 e. The van der Waals surface area contributed by atoms with Crippen molar-refractivity contribution in [1.82, 2.24) is 16.0 Å². The van der Waals surface area contributed by atoms with E-state index in [0.717, 1.165) is 19.5 Å². The van der Waals surface area contributed by atoms with Crippen LogP contribution in [0.3, 0.4) is 0 Å². The summed E-state index contributed by atoms with van der Waals surface area (Å²) in [6.45, 7) is 3.09. The Bertz CT molecular complexity index is 278. The Labute approximate surface area is 114 Å². The highest BCUT2D eigenvalue weighted by atomic mass is 16.5. The maximum atomic E-state index is 11.6. The second-order valence-corrected chi connectivity index (χ2v) is 4.87. The monoisotopic (exact) mass is 271 g/mol. The third kappa shape index (κ3) is 7.79. The normalized spacial score (nSPS) is 18.9. The van der Waals surface area contributed by atoms with Gasteiger partial charge in [0.1, 0.15) is 0 Å². The molecule has 19 heavy (non-hydrogen) atoms. The first-order chi connectivity index (χ1) is 9.22. The van der Waals surface area contributed by atoms with Crippen LogP contribution in [0.4, 0.5) is 0 Å². The van der Waals surface area contributed by atoms with Crippen LogP contribution in [0.15, 0.2) is 0 Å². The van der Waals surface area contributed by atoms with E-state index in [0.29, 0.717) is 25.5 Å². The number of amides is 2. The van der Waals surface area contributed by atoms with Crippen molar-refractivity contribution in [1.29, 1.82) is 0 Å². The van der Waals surface area contributed by atoms with Crippen LogP contribution in [0.25, 0.3) is 0 Å². The Morgan fingerprint density at radius 3 is 2.84 bits per heavy atom. The van der Waals surface area contributed by atoms with Gasteiger partial charge in [0.15, 0.2) is 0 Å². The average Bonchev–Trinajstić information content (AvgIpc) is 2.44. The Kier molecular flexibility index (Phi) is 8.16. The van der Waals surface area contributed by atoms with Crippen LogP contribution in [0.5, 0.6) is 0 Å². The summed E-state index contributed by atoms with van der Waals surface area (Å²) < 4.78 is 4.82. The summed E-state index contributed by atoms with van der Waals surface area (Å²) >= 11 is 0. The summed E-state index contributed by atoms with van der Waals surface area (Å²) in [5.74, 6) is 0.368. The molecule has 2 amide bonds. The summed E-state index contributed by atoms with van der Waals surface area (Å²) in [5, 5.41) is 8.62. The Morgan fingerprint density at radius 1 is 1.32 bits per heavy atom.